The molecule has 1 fully saturated rings. The molecule has 1 aromatic carbocycles. The van der Waals surface area contributed by atoms with Crippen molar-refractivity contribution in [2.45, 2.75) is 25.9 Å². The zero-order chi connectivity index (χ0) is 18.5. The normalized spacial score (nSPS) is 16.8. The van der Waals surface area contributed by atoms with Crippen LogP contribution >= 0.6 is 24.0 Å². The molecule has 148 valence electrons. The number of hydrogen-bond acceptors (Lipinski definition) is 4. The van der Waals surface area contributed by atoms with Crippen LogP contribution in [0.2, 0.25) is 0 Å². The highest BCUT2D eigenvalue weighted by Crippen LogP contribution is 2.19. The SMILES string of the molecule is CCNC(=NCc1nnc2ccccn12)NC1CCN(c2ccccc2)C1.I. The Morgan fingerprint density at radius 1 is 1.14 bits per heavy atom. The molecule has 0 saturated carbocycles. The lowest BCUT2D eigenvalue weighted by Gasteiger charge is -2.20. The maximum atomic E-state index is 4.72. The highest BCUT2D eigenvalue weighted by atomic mass is 127. The van der Waals surface area contributed by atoms with Gasteiger partial charge in [-0.1, -0.05) is 24.3 Å². The molecule has 0 radical (unpaired) electrons. The van der Waals surface area contributed by atoms with Gasteiger partial charge < -0.3 is 15.5 Å². The molecular weight excluding hydrogens is 465 g/mol. The third kappa shape index (κ3) is 4.73. The average molecular weight is 491 g/mol. The lowest BCUT2D eigenvalue weighted by molar-refractivity contribution is 0.648. The topological polar surface area (TPSA) is 69.8 Å². The molecule has 0 aliphatic carbocycles. The number of nitrogens with one attached hydrogen (secondary N) is 2. The first-order valence-electron chi connectivity index (χ1n) is 9.47. The van der Waals surface area contributed by atoms with Crippen LogP contribution in [-0.4, -0.2) is 46.2 Å². The van der Waals surface area contributed by atoms with Gasteiger partial charge in [-0.2, -0.15) is 0 Å². The molecule has 1 unspecified atom stereocenters. The second-order valence-corrected chi connectivity index (χ2v) is 6.65. The van der Waals surface area contributed by atoms with Gasteiger partial charge in [-0.25, -0.2) is 4.99 Å². The van der Waals surface area contributed by atoms with E-state index in [4.69, 9.17) is 4.99 Å². The number of fused-ring (bicyclic) bond motifs is 1. The fraction of sp³-hybridized carbons (Fsp3) is 0.350. The summed E-state index contributed by atoms with van der Waals surface area (Å²) in [7, 11) is 0. The van der Waals surface area contributed by atoms with Gasteiger partial charge in [0.05, 0.1) is 0 Å². The van der Waals surface area contributed by atoms with Crippen LogP contribution in [0.15, 0.2) is 59.7 Å². The summed E-state index contributed by atoms with van der Waals surface area (Å²) in [5.74, 6) is 1.66. The minimum absolute atomic E-state index is 0. The quantitative estimate of drug-likeness (QED) is 0.327. The minimum atomic E-state index is 0. The van der Waals surface area contributed by atoms with Gasteiger partial charge in [-0.3, -0.25) is 4.40 Å². The second-order valence-electron chi connectivity index (χ2n) is 6.65. The van der Waals surface area contributed by atoms with Crippen molar-refractivity contribution in [3.63, 3.8) is 0 Å². The standard InChI is InChI=1S/C20H25N7.HI/c1-2-21-20(22-14-19-25-24-18-10-6-7-12-27(18)19)23-16-11-13-26(15-16)17-8-4-3-5-9-17;/h3-10,12,16H,2,11,13-15H2,1H3,(H2,21,22,23);1H. The Labute approximate surface area is 182 Å². The molecule has 2 aromatic heterocycles. The number of para-hydroxylation sites is 1. The van der Waals surface area contributed by atoms with Crippen LogP contribution < -0.4 is 15.5 Å². The van der Waals surface area contributed by atoms with Gasteiger partial charge in [0.15, 0.2) is 17.4 Å². The third-order valence-electron chi connectivity index (χ3n) is 4.76. The van der Waals surface area contributed by atoms with Crippen molar-refractivity contribution in [1.82, 2.24) is 25.2 Å². The van der Waals surface area contributed by atoms with Crippen molar-refractivity contribution in [3.8, 4) is 0 Å². The Morgan fingerprint density at radius 3 is 2.79 bits per heavy atom. The molecule has 1 atom stereocenters. The monoisotopic (exact) mass is 491 g/mol. The molecule has 1 saturated heterocycles. The molecule has 4 rings (SSSR count). The highest BCUT2D eigenvalue weighted by Gasteiger charge is 2.23. The molecule has 28 heavy (non-hydrogen) atoms. The number of guanidine groups is 1. The van der Waals surface area contributed by atoms with Crippen molar-refractivity contribution >= 4 is 41.3 Å². The van der Waals surface area contributed by atoms with Crippen LogP contribution in [0.1, 0.15) is 19.2 Å². The van der Waals surface area contributed by atoms with E-state index < -0.39 is 0 Å². The van der Waals surface area contributed by atoms with Crippen molar-refractivity contribution in [1.29, 1.82) is 0 Å². The average Bonchev–Trinajstić information content (AvgIpc) is 3.34. The van der Waals surface area contributed by atoms with Crippen LogP contribution in [0.4, 0.5) is 5.69 Å². The highest BCUT2D eigenvalue weighted by molar-refractivity contribution is 14.0. The number of anilines is 1. The molecule has 1 aliphatic rings. The van der Waals surface area contributed by atoms with Crippen molar-refractivity contribution in [3.05, 3.63) is 60.6 Å². The number of aliphatic imine (C=N–C) groups is 1. The summed E-state index contributed by atoms with van der Waals surface area (Å²) < 4.78 is 1.97. The van der Waals surface area contributed by atoms with E-state index in [1.165, 1.54) is 5.69 Å². The van der Waals surface area contributed by atoms with Gasteiger partial charge >= 0.3 is 0 Å². The number of hydrogen-bond donors (Lipinski definition) is 2. The van der Waals surface area contributed by atoms with Gasteiger partial charge in [0.25, 0.3) is 0 Å². The predicted octanol–water partition coefficient (Wildman–Crippen LogP) is 2.68. The van der Waals surface area contributed by atoms with Crippen molar-refractivity contribution in [2.24, 2.45) is 4.99 Å². The van der Waals surface area contributed by atoms with E-state index in [9.17, 15) is 0 Å². The number of pyridine rings is 1. The Morgan fingerprint density at radius 2 is 1.96 bits per heavy atom. The van der Waals surface area contributed by atoms with Crippen LogP contribution in [-0.2, 0) is 6.54 Å². The first kappa shape index (κ1) is 20.4. The maximum Gasteiger partial charge on any atom is 0.191 e. The molecular formula is C20H26IN7. The van der Waals surface area contributed by atoms with Crippen LogP contribution in [0.3, 0.4) is 0 Å². The van der Waals surface area contributed by atoms with E-state index in [0.717, 1.165) is 43.5 Å². The summed E-state index contributed by atoms with van der Waals surface area (Å²) in [4.78, 5) is 7.13. The number of rotatable bonds is 5. The summed E-state index contributed by atoms with van der Waals surface area (Å²) in [6.45, 7) is 5.41. The molecule has 2 N–H and O–H groups in total. The van der Waals surface area contributed by atoms with Gasteiger partial charge in [-0.15, -0.1) is 34.2 Å². The van der Waals surface area contributed by atoms with Crippen molar-refractivity contribution < 1.29 is 0 Å². The number of benzene rings is 1. The Kier molecular flexibility index (Phi) is 7.07. The summed E-state index contributed by atoms with van der Waals surface area (Å²) in [6, 6.07) is 16.8. The lowest BCUT2D eigenvalue weighted by atomic mass is 10.3. The molecule has 0 bridgehead atoms. The molecule has 0 amide bonds. The fourth-order valence-corrected chi connectivity index (χ4v) is 3.41. The number of nitrogens with zero attached hydrogens (tertiary/aromatic N) is 5. The second kappa shape index (κ2) is 9.72. The summed E-state index contributed by atoms with van der Waals surface area (Å²) in [5.41, 5.74) is 2.12. The van der Waals surface area contributed by atoms with Gasteiger partial charge in [0, 0.05) is 37.6 Å². The van der Waals surface area contributed by atoms with Gasteiger partial charge in [-0.05, 0) is 37.6 Å². The van der Waals surface area contributed by atoms with E-state index >= 15 is 0 Å². The van der Waals surface area contributed by atoms with Crippen molar-refractivity contribution in [2.75, 3.05) is 24.5 Å². The van der Waals surface area contributed by atoms with Gasteiger partial charge in [0.2, 0.25) is 0 Å². The molecule has 3 heterocycles. The summed E-state index contributed by atoms with van der Waals surface area (Å²) >= 11 is 0. The first-order valence-corrected chi connectivity index (χ1v) is 9.47. The molecule has 7 nitrogen and oxygen atoms in total. The van der Waals surface area contributed by atoms with E-state index in [1.807, 2.05) is 28.8 Å². The Balaban J connectivity index is 0.00000225. The van der Waals surface area contributed by atoms with E-state index in [-0.39, 0.29) is 24.0 Å². The fourth-order valence-electron chi connectivity index (χ4n) is 3.41. The summed E-state index contributed by atoms with van der Waals surface area (Å²) in [6.07, 6.45) is 3.06. The van der Waals surface area contributed by atoms with Crippen LogP contribution in [0.25, 0.3) is 5.65 Å². The van der Waals surface area contributed by atoms with E-state index in [1.54, 1.807) is 0 Å². The zero-order valence-corrected chi connectivity index (χ0v) is 18.3. The van der Waals surface area contributed by atoms with E-state index in [0.29, 0.717) is 12.6 Å². The predicted molar refractivity (Wildman–Crippen MR) is 123 cm³/mol. The summed E-state index contributed by atoms with van der Waals surface area (Å²) in [5, 5.41) is 15.3. The molecule has 8 heteroatoms. The molecule has 3 aromatic rings. The first-order chi connectivity index (χ1) is 13.3. The maximum absolute atomic E-state index is 4.72. The molecule has 0 spiro atoms. The lowest BCUT2D eigenvalue weighted by Crippen LogP contribution is -2.44. The molecule has 1 aliphatic heterocycles. The number of aromatic nitrogens is 3. The van der Waals surface area contributed by atoms with Gasteiger partial charge in [0.1, 0.15) is 6.54 Å². The zero-order valence-electron chi connectivity index (χ0n) is 16.0. The van der Waals surface area contributed by atoms with E-state index in [2.05, 4.69) is 63.0 Å². The minimum Gasteiger partial charge on any atom is -0.369 e. The number of halogens is 1. The Bertz CT molecular complexity index is 909. The third-order valence-corrected chi connectivity index (χ3v) is 4.76. The van der Waals surface area contributed by atoms with Crippen LogP contribution in [0.5, 0.6) is 0 Å². The smallest absolute Gasteiger partial charge is 0.191 e. The Hall–Kier alpha value is -2.36. The largest absolute Gasteiger partial charge is 0.369 e. The van der Waals surface area contributed by atoms with Crippen LogP contribution in [0, 0.1) is 0 Å².